The van der Waals surface area contributed by atoms with Crippen molar-refractivity contribution >= 4 is 39.1 Å². The summed E-state index contributed by atoms with van der Waals surface area (Å²) in [5.74, 6) is -0.675. The smallest absolute Gasteiger partial charge is 0.273 e. The first kappa shape index (κ1) is 20.1. The summed E-state index contributed by atoms with van der Waals surface area (Å²) in [4.78, 5) is 55.2. The predicted octanol–water partition coefficient (Wildman–Crippen LogP) is 1.59. The number of likely N-dealkylation sites (N-methyl/N-ethyl adjacent to an activating group) is 1. The molecule has 0 aliphatic rings. The summed E-state index contributed by atoms with van der Waals surface area (Å²) < 4.78 is 0.516. The van der Waals surface area contributed by atoms with E-state index in [-0.39, 0.29) is 29.9 Å². The molecule has 0 unspecified atom stereocenters. The summed E-state index contributed by atoms with van der Waals surface area (Å²) in [6, 6.07) is 5.82. The van der Waals surface area contributed by atoms with Gasteiger partial charge in [-0.1, -0.05) is 6.07 Å². The number of benzene rings is 1. The van der Waals surface area contributed by atoms with Gasteiger partial charge in [-0.05, 0) is 24.4 Å². The monoisotopic (exact) mass is 415 g/mol. The second-order valence-corrected chi connectivity index (χ2v) is 7.25. The molecule has 2 N–H and O–H groups in total. The van der Waals surface area contributed by atoms with E-state index < -0.39 is 16.7 Å². The Kier molecular flexibility index (Phi) is 5.69. The number of amides is 2. The number of nitro groups is 1. The third kappa shape index (κ3) is 4.46. The topological polar surface area (TPSA) is 138 Å². The Morgan fingerprint density at radius 3 is 2.83 bits per heavy atom. The molecule has 0 aliphatic carbocycles. The molecule has 11 heteroatoms. The molecule has 2 amide bonds. The number of carbonyl (C=O) groups is 2. The van der Waals surface area contributed by atoms with Gasteiger partial charge in [-0.25, -0.2) is 4.98 Å². The Bertz CT molecular complexity index is 1170. The Hall–Kier alpha value is -3.60. The minimum absolute atomic E-state index is 0.0612. The average Bonchev–Trinajstić information content (AvgIpc) is 3.15. The van der Waals surface area contributed by atoms with E-state index in [0.717, 1.165) is 0 Å². The number of nitrogens with one attached hydrogen (secondary N) is 2. The predicted molar refractivity (Wildman–Crippen MR) is 107 cm³/mol. The van der Waals surface area contributed by atoms with Gasteiger partial charge < -0.3 is 15.2 Å². The van der Waals surface area contributed by atoms with Gasteiger partial charge in [0.15, 0.2) is 0 Å². The molecule has 0 spiro atoms. The minimum atomic E-state index is -0.596. The normalized spacial score (nSPS) is 10.7. The summed E-state index contributed by atoms with van der Waals surface area (Å²) in [7, 11) is 1.52. The second kappa shape index (κ2) is 8.19. The highest BCUT2D eigenvalue weighted by Crippen LogP contribution is 2.19. The first-order valence-corrected chi connectivity index (χ1v) is 9.38. The van der Waals surface area contributed by atoms with E-state index in [1.165, 1.54) is 41.5 Å². The van der Waals surface area contributed by atoms with Crippen LogP contribution in [0.2, 0.25) is 0 Å². The Morgan fingerprint density at radius 1 is 1.34 bits per heavy atom. The molecular weight excluding hydrogens is 398 g/mol. The van der Waals surface area contributed by atoms with Crippen LogP contribution in [0.25, 0.3) is 10.2 Å². The number of rotatable bonds is 6. The molecule has 3 aromatic rings. The second-order valence-electron chi connectivity index (χ2n) is 6.34. The standard InChI is InChI=1S/C18H17N5O5S/c1-10-3-4-11(7-13(10)23(27)28)17(25)19-8-15(24)22(2)9-14-20-12-5-6-29-16(12)18(26)21-14/h3-7H,8-9H2,1-2H3,(H,19,25)(H,20,21,26). The van der Waals surface area contributed by atoms with Crippen LogP contribution in [0, 0.1) is 17.0 Å². The summed E-state index contributed by atoms with van der Waals surface area (Å²) >= 11 is 1.28. The lowest BCUT2D eigenvalue weighted by Gasteiger charge is -2.17. The molecule has 29 heavy (non-hydrogen) atoms. The first-order valence-electron chi connectivity index (χ1n) is 8.50. The van der Waals surface area contributed by atoms with Gasteiger partial charge in [0.05, 0.1) is 23.5 Å². The fourth-order valence-electron chi connectivity index (χ4n) is 2.65. The van der Waals surface area contributed by atoms with Crippen LogP contribution >= 0.6 is 11.3 Å². The highest BCUT2D eigenvalue weighted by atomic mass is 32.1. The van der Waals surface area contributed by atoms with Gasteiger partial charge >= 0.3 is 0 Å². The number of carbonyl (C=O) groups excluding carboxylic acids is 2. The van der Waals surface area contributed by atoms with E-state index in [2.05, 4.69) is 15.3 Å². The number of aromatic amines is 1. The van der Waals surface area contributed by atoms with Crippen LogP contribution in [0.4, 0.5) is 5.69 Å². The summed E-state index contributed by atoms with van der Waals surface area (Å²) in [6.45, 7) is 1.33. The molecule has 2 heterocycles. The number of H-pyrrole nitrogens is 1. The summed E-state index contributed by atoms with van der Waals surface area (Å²) in [6.07, 6.45) is 0. The molecule has 2 aromatic heterocycles. The average molecular weight is 415 g/mol. The van der Waals surface area contributed by atoms with Crippen LogP contribution in [0.1, 0.15) is 21.7 Å². The Morgan fingerprint density at radius 2 is 2.10 bits per heavy atom. The zero-order valence-corrected chi connectivity index (χ0v) is 16.4. The quantitative estimate of drug-likeness (QED) is 0.463. The van der Waals surface area contributed by atoms with E-state index in [1.54, 1.807) is 18.4 Å². The number of nitrogens with zero attached hydrogens (tertiary/aromatic N) is 3. The molecule has 0 saturated heterocycles. The molecule has 10 nitrogen and oxygen atoms in total. The molecule has 0 bridgehead atoms. The lowest BCUT2D eigenvalue weighted by molar-refractivity contribution is -0.385. The number of aryl methyl sites for hydroxylation is 1. The van der Waals surface area contributed by atoms with E-state index in [4.69, 9.17) is 0 Å². The highest BCUT2D eigenvalue weighted by Gasteiger charge is 2.17. The van der Waals surface area contributed by atoms with Crippen molar-refractivity contribution in [3.63, 3.8) is 0 Å². The molecule has 1 aromatic carbocycles. The van der Waals surface area contributed by atoms with Crippen molar-refractivity contribution in [2.24, 2.45) is 0 Å². The van der Waals surface area contributed by atoms with Crippen LogP contribution in [0.15, 0.2) is 34.4 Å². The van der Waals surface area contributed by atoms with Gasteiger partial charge in [-0.3, -0.25) is 24.5 Å². The fraction of sp³-hybridized carbons (Fsp3) is 0.222. The van der Waals surface area contributed by atoms with Crippen LogP contribution in [-0.4, -0.2) is 45.2 Å². The number of hydrogen-bond acceptors (Lipinski definition) is 7. The molecule has 0 fully saturated rings. The SMILES string of the molecule is Cc1ccc(C(=O)NCC(=O)N(C)Cc2nc3ccsc3c(=O)[nH]2)cc1[N+](=O)[O-]. The maximum absolute atomic E-state index is 12.3. The molecule has 150 valence electrons. The third-order valence-corrected chi connectivity index (χ3v) is 5.15. The van der Waals surface area contributed by atoms with Gasteiger partial charge in [0, 0.05) is 24.2 Å². The van der Waals surface area contributed by atoms with E-state index in [0.29, 0.717) is 21.6 Å². The van der Waals surface area contributed by atoms with Gasteiger partial charge in [0.1, 0.15) is 10.5 Å². The van der Waals surface area contributed by atoms with Gasteiger partial charge in [0.25, 0.3) is 17.2 Å². The van der Waals surface area contributed by atoms with Crippen LogP contribution in [-0.2, 0) is 11.3 Å². The molecular formula is C18H17N5O5S. The maximum atomic E-state index is 12.3. The molecule has 0 radical (unpaired) electrons. The minimum Gasteiger partial charge on any atom is -0.343 e. The Labute approximate surface area is 168 Å². The number of aromatic nitrogens is 2. The van der Waals surface area contributed by atoms with Crippen LogP contribution < -0.4 is 10.9 Å². The molecule has 0 saturated carbocycles. The van der Waals surface area contributed by atoms with Crippen molar-refractivity contribution in [3.8, 4) is 0 Å². The molecule has 0 atom stereocenters. The van der Waals surface area contributed by atoms with Gasteiger partial charge in [-0.15, -0.1) is 11.3 Å². The van der Waals surface area contributed by atoms with E-state index in [1.807, 2.05) is 0 Å². The Balaban J connectivity index is 1.62. The fourth-order valence-corrected chi connectivity index (χ4v) is 3.38. The van der Waals surface area contributed by atoms with Crippen LogP contribution in [0.5, 0.6) is 0 Å². The number of nitro benzene ring substituents is 1. The highest BCUT2D eigenvalue weighted by molar-refractivity contribution is 7.17. The van der Waals surface area contributed by atoms with E-state index >= 15 is 0 Å². The number of fused-ring (bicyclic) bond motifs is 1. The summed E-state index contributed by atoms with van der Waals surface area (Å²) in [5.41, 5.74) is 0.650. The first-order chi connectivity index (χ1) is 13.8. The lowest BCUT2D eigenvalue weighted by Crippen LogP contribution is -2.38. The van der Waals surface area contributed by atoms with Crippen molar-refractivity contribution in [1.29, 1.82) is 0 Å². The van der Waals surface area contributed by atoms with Crippen molar-refractivity contribution in [2.75, 3.05) is 13.6 Å². The van der Waals surface area contributed by atoms with E-state index in [9.17, 15) is 24.5 Å². The number of thiophene rings is 1. The molecule has 0 aliphatic heterocycles. The number of hydrogen-bond donors (Lipinski definition) is 2. The zero-order valence-electron chi connectivity index (χ0n) is 15.6. The zero-order chi connectivity index (χ0) is 21.1. The molecule has 3 rings (SSSR count). The van der Waals surface area contributed by atoms with Crippen molar-refractivity contribution in [3.05, 3.63) is 67.1 Å². The largest absolute Gasteiger partial charge is 0.343 e. The van der Waals surface area contributed by atoms with Crippen molar-refractivity contribution in [1.82, 2.24) is 20.2 Å². The third-order valence-electron chi connectivity index (χ3n) is 4.24. The lowest BCUT2D eigenvalue weighted by atomic mass is 10.1. The van der Waals surface area contributed by atoms with Crippen molar-refractivity contribution < 1.29 is 14.5 Å². The van der Waals surface area contributed by atoms with Gasteiger partial charge in [-0.2, -0.15) is 0 Å². The van der Waals surface area contributed by atoms with Crippen molar-refractivity contribution in [2.45, 2.75) is 13.5 Å². The van der Waals surface area contributed by atoms with Gasteiger partial charge in [0.2, 0.25) is 5.91 Å². The van der Waals surface area contributed by atoms with Crippen LogP contribution in [0.3, 0.4) is 0 Å². The summed E-state index contributed by atoms with van der Waals surface area (Å²) in [5, 5.41) is 15.2. The maximum Gasteiger partial charge on any atom is 0.273 e.